The van der Waals surface area contributed by atoms with Crippen molar-refractivity contribution in [1.82, 2.24) is 10.5 Å². The van der Waals surface area contributed by atoms with Gasteiger partial charge in [0, 0.05) is 18.5 Å². The Hall–Kier alpha value is -1.36. The molecule has 5 heteroatoms. The van der Waals surface area contributed by atoms with Crippen LogP contribution in [0.2, 0.25) is 0 Å². The van der Waals surface area contributed by atoms with E-state index < -0.39 is 6.04 Å². The number of aromatic nitrogens is 1. The molecule has 0 aromatic carbocycles. The normalized spacial score (nSPS) is 14.2. The molecule has 1 heterocycles. The van der Waals surface area contributed by atoms with Gasteiger partial charge in [-0.2, -0.15) is 0 Å². The zero-order chi connectivity index (χ0) is 14.4. The number of carbonyl (C=O) groups is 1. The second-order valence-corrected chi connectivity index (χ2v) is 4.87. The van der Waals surface area contributed by atoms with Crippen molar-refractivity contribution in [3.8, 4) is 0 Å². The Balaban J connectivity index is 2.66. The minimum atomic E-state index is -0.458. The van der Waals surface area contributed by atoms with E-state index in [1.807, 2.05) is 27.7 Å². The molecule has 1 aromatic heterocycles. The topological polar surface area (TPSA) is 81.2 Å². The van der Waals surface area contributed by atoms with Gasteiger partial charge in [-0.1, -0.05) is 39.3 Å². The molecule has 2 unspecified atom stereocenters. The summed E-state index contributed by atoms with van der Waals surface area (Å²) >= 11 is 0. The highest BCUT2D eigenvalue weighted by Crippen LogP contribution is 2.15. The Morgan fingerprint density at radius 3 is 2.58 bits per heavy atom. The van der Waals surface area contributed by atoms with Gasteiger partial charge in [0.05, 0.1) is 11.7 Å². The molecule has 0 aliphatic carbocycles. The van der Waals surface area contributed by atoms with Crippen molar-refractivity contribution in [2.24, 2.45) is 11.7 Å². The number of nitrogens with zero attached hydrogens (tertiary/aromatic N) is 1. The van der Waals surface area contributed by atoms with Gasteiger partial charge in [-0.05, 0) is 12.3 Å². The van der Waals surface area contributed by atoms with E-state index in [4.69, 9.17) is 10.3 Å². The Morgan fingerprint density at radius 1 is 1.37 bits per heavy atom. The van der Waals surface area contributed by atoms with Gasteiger partial charge in [0.25, 0.3) is 0 Å². The molecular weight excluding hydrogens is 242 g/mol. The molecule has 1 rings (SSSR count). The Kier molecular flexibility index (Phi) is 6.02. The molecule has 0 bridgehead atoms. The second kappa shape index (κ2) is 7.28. The number of hydrogen-bond donors (Lipinski definition) is 2. The summed E-state index contributed by atoms with van der Waals surface area (Å²) in [6.45, 7) is 8.49. The number of nitrogens with one attached hydrogen (secondary N) is 1. The zero-order valence-corrected chi connectivity index (χ0v) is 12.3. The first-order chi connectivity index (χ1) is 9.04. The zero-order valence-electron chi connectivity index (χ0n) is 12.3. The highest BCUT2D eigenvalue weighted by molar-refractivity contribution is 5.81. The number of nitrogens with two attached hydrogens (primary N) is 1. The third kappa shape index (κ3) is 3.80. The van der Waals surface area contributed by atoms with Gasteiger partial charge in [-0.3, -0.25) is 4.79 Å². The minimum absolute atomic E-state index is 0.111. The molecular formula is C14H25N3O2. The van der Waals surface area contributed by atoms with Crippen molar-refractivity contribution in [1.29, 1.82) is 0 Å². The van der Waals surface area contributed by atoms with E-state index >= 15 is 0 Å². The van der Waals surface area contributed by atoms with Crippen LogP contribution >= 0.6 is 0 Å². The van der Waals surface area contributed by atoms with Crippen molar-refractivity contribution >= 4 is 5.91 Å². The Morgan fingerprint density at radius 2 is 2.05 bits per heavy atom. The number of rotatable bonds is 7. The predicted molar refractivity (Wildman–Crippen MR) is 74.5 cm³/mol. The van der Waals surface area contributed by atoms with Gasteiger partial charge < -0.3 is 15.6 Å². The molecule has 108 valence electrons. The number of hydrogen-bond acceptors (Lipinski definition) is 4. The van der Waals surface area contributed by atoms with Crippen LogP contribution in [0.3, 0.4) is 0 Å². The van der Waals surface area contributed by atoms with Crippen molar-refractivity contribution in [2.45, 2.75) is 59.5 Å². The van der Waals surface area contributed by atoms with Crippen LogP contribution in [0.25, 0.3) is 0 Å². The van der Waals surface area contributed by atoms with Crippen LogP contribution in [0.5, 0.6) is 0 Å². The first-order valence-corrected chi connectivity index (χ1v) is 7.04. The molecule has 3 N–H and O–H groups in total. The highest BCUT2D eigenvalue weighted by Gasteiger charge is 2.20. The quantitative estimate of drug-likeness (QED) is 0.789. The molecule has 0 fully saturated rings. The molecule has 1 aromatic rings. The van der Waals surface area contributed by atoms with Crippen LogP contribution in [-0.2, 0) is 24.2 Å². The predicted octanol–water partition coefficient (Wildman–Crippen LogP) is 1.79. The molecule has 5 nitrogen and oxygen atoms in total. The van der Waals surface area contributed by atoms with E-state index in [2.05, 4.69) is 10.5 Å². The van der Waals surface area contributed by atoms with Gasteiger partial charge in [0.2, 0.25) is 5.91 Å². The lowest BCUT2D eigenvalue weighted by atomic mass is 9.99. The van der Waals surface area contributed by atoms with Crippen molar-refractivity contribution in [3.05, 3.63) is 17.0 Å². The number of amides is 1. The summed E-state index contributed by atoms with van der Waals surface area (Å²) in [6.07, 6.45) is 2.46. The third-order valence-electron chi connectivity index (χ3n) is 3.61. The summed E-state index contributed by atoms with van der Waals surface area (Å²) in [5.41, 5.74) is 7.81. The summed E-state index contributed by atoms with van der Waals surface area (Å²) in [4.78, 5) is 12.0. The maximum Gasteiger partial charge on any atom is 0.237 e. The summed E-state index contributed by atoms with van der Waals surface area (Å²) in [6, 6.07) is -0.458. The van der Waals surface area contributed by atoms with Crippen LogP contribution < -0.4 is 11.1 Å². The molecule has 0 saturated carbocycles. The summed E-state index contributed by atoms with van der Waals surface area (Å²) in [5, 5.41) is 6.91. The van der Waals surface area contributed by atoms with E-state index in [0.717, 1.165) is 36.3 Å². The molecule has 0 radical (unpaired) electrons. The molecule has 19 heavy (non-hydrogen) atoms. The van der Waals surface area contributed by atoms with Gasteiger partial charge in [-0.15, -0.1) is 0 Å². The standard InChI is InChI=1S/C14H25N3O2/c1-5-9(4)13(15)14(18)16-8-10-11(6-2)17-19-12(10)7-3/h9,13H,5-8,15H2,1-4H3,(H,16,18). The third-order valence-corrected chi connectivity index (χ3v) is 3.61. The van der Waals surface area contributed by atoms with Gasteiger partial charge in [0.1, 0.15) is 5.76 Å². The molecule has 0 spiro atoms. The van der Waals surface area contributed by atoms with Gasteiger partial charge in [0.15, 0.2) is 0 Å². The summed E-state index contributed by atoms with van der Waals surface area (Å²) < 4.78 is 5.26. The average Bonchev–Trinajstić information content (AvgIpc) is 2.84. The van der Waals surface area contributed by atoms with Crippen LogP contribution in [0.4, 0.5) is 0 Å². The fraction of sp³-hybridized carbons (Fsp3) is 0.714. The minimum Gasteiger partial charge on any atom is -0.361 e. The average molecular weight is 267 g/mol. The smallest absolute Gasteiger partial charge is 0.237 e. The molecule has 0 aliphatic heterocycles. The SMILES string of the molecule is CCc1noc(CC)c1CNC(=O)C(N)C(C)CC. The molecule has 2 atom stereocenters. The lowest BCUT2D eigenvalue weighted by Gasteiger charge is -2.17. The van der Waals surface area contributed by atoms with Crippen LogP contribution in [0, 0.1) is 5.92 Å². The second-order valence-electron chi connectivity index (χ2n) is 4.87. The van der Waals surface area contributed by atoms with E-state index in [1.54, 1.807) is 0 Å². The van der Waals surface area contributed by atoms with Gasteiger partial charge >= 0.3 is 0 Å². The Bertz CT molecular complexity index is 393. The first kappa shape index (κ1) is 15.7. The van der Waals surface area contributed by atoms with Crippen LogP contribution in [-0.4, -0.2) is 17.1 Å². The fourth-order valence-corrected chi connectivity index (χ4v) is 1.94. The number of carbonyl (C=O) groups excluding carboxylic acids is 1. The van der Waals surface area contributed by atoms with Gasteiger partial charge in [-0.25, -0.2) is 0 Å². The highest BCUT2D eigenvalue weighted by atomic mass is 16.5. The van der Waals surface area contributed by atoms with Crippen molar-refractivity contribution < 1.29 is 9.32 Å². The van der Waals surface area contributed by atoms with E-state index in [1.165, 1.54) is 0 Å². The number of aryl methyl sites for hydroxylation is 2. The monoisotopic (exact) mass is 267 g/mol. The molecule has 1 amide bonds. The molecule has 0 aliphatic rings. The maximum atomic E-state index is 12.0. The largest absolute Gasteiger partial charge is 0.361 e. The van der Waals surface area contributed by atoms with E-state index in [0.29, 0.717) is 6.54 Å². The van der Waals surface area contributed by atoms with Crippen molar-refractivity contribution in [3.63, 3.8) is 0 Å². The van der Waals surface area contributed by atoms with Crippen LogP contribution in [0.1, 0.15) is 51.1 Å². The van der Waals surface area contributed by atoms with Crippen LogP contribution in [0.15, 0.2) is 4.52 Å². The fourth-order valence-electron chi connectivity index (χ4n) is 1.94. The lowest BCUT2D eigenvalue weighted by molar-refractivity contribution is -0.123. The van der Waals surface area contributed by atoms with E-state index in [-0.39, 0.29) is 11.8 Å². The maximum absolute atomic E-state index is 12.0. The summed E-state index contributed by atoms with van der Waals surface area (Å²) in [5.74, 6) is 0.910. The van der Waals surface area contributed by atoms with E-state index in [9.17, 15) is 4.79 Å². The molecule has 0 saturated heterocycles. The summed E-state index contributed by atoms with van der Waals surface area (Å²) in [7, 11) is 0. The van der Waals surface area contributed by atoms with Crippen molar-refractivity contribution in [2.75, 3.05) is 0 Å². The first-order valence-electron chi connectivity index (χ1n) is 7.04. The lowest BCUT2D eigenvalue weighted by Crippen LogP contribution is -2.44. The Labute approximate surface area is 114 Å².